The van der Waals surface area contributed by atoms with E-state index in [1.807, 2.05) is 0 Å². The van der Waals surface area contributed by atoms with Gasteiger partial charge >= 0.3 is 6.01 Å². The molecule has 7 heteroatoms. The van der Waals surface area contributed by atoms with Crippen molar-refractivity contribution in [1.29, 1.82) is 0 Å². The molecule has 0 fully saturated rings. The van der Waals surface area contributed by atoms with Crippen LogP contribution in [0.4, 0.5) is 0 Å². The summed E-state index contributed by atoms with van der Waals surface area (Å²) in [6.45, 7) is 0. The first kappa shape index (κ1) is 9.50. The Kier molecular flexibility index (Phi) is 2.28. The molecule has 0 amide bonds. The Labute approximate surface area is 85.6 Å². The van der Waals surface area contributed by atoms with Gasteiger partial charge in [0.15, 0.2) is 0 Å². The van der Waals surface area contributed by atoms with Gasteiger partial charge < -0.3 is 14.2 Å². The van der Waals surface area contributed by atoms with Gasteiger partial charge in [0.2, 0.25) is 11.5 Å². The number of hydrogen-bond acceptors (Lipinski definition) is 6. The predicted molar refractivity (Wildman–Crippen MR) is 50.4 cm³/mol. The highest BCUT2D eigenvalue weighted by atomic mass is 16.5. The summed E-state index contributed by atoms with van der Waals surface area (Å²) in [4.78, 5) is 4.06. The van der Waals surface area contributed by atoms with Crippen LogP contribution in [0.5, 0.6) is 17.8 Å². The lowest BCUT2D eigenvalue weighted by Crippen LogP contribution is -1.99. The summed E-state index contributed by atoms with van der Waals surface area (Å²) < 4.78 is 16.7. The fourth-order valence-electron chi connectivity index (χ4n) is 1.20. The fourth-order valence-corrected chi connectivity index (χ4v) is 1.20. The zero-order valence-electron chi connectivity index (χ0n) is 8.59. The molecule has 0 radical (unpaired) electrons. The van der Waals surface area contributed by atoms with Crippen molar-refractivity contribution in [3.05, 3.63) is 6.20 Å². The SMILES string of the molecule is COc1cn2c(OC)nnc2c(OC)n1. The Balaban J connectivity index is 2.71. The molecule has 2 rings (SSSR count). The van der Waals surface area contributed by atoms with Gasteiger partial charge in [0.05, 0.1) is 27.5 Å². The minimum Gasteiger partial charge on any atom is -0.480 e. The molecule has 2 aromatic heterocycles. The first-order valence-electron chi connectivity index (χ1n) is 4.18. The zero-order chi connectivity index (χ0) is 10.8. The standard InChI is InChI=1S/C8H10N4O3/c1-13-5-4-12-6(7(9-5)14-2)10-11-8(12)15-3/h4H,1-3H3. The van der Waals surface area contributed by atoms with Gasteiger partial charge in [-0.1, -0.05) is 5.10 Å². The molecule has 0 atom stereocenters. The quantitative estimate of drug-likeness (QED) is 0.718. The molecule has 2 heterocycles. The minimum atomic E-state index is 0.338. The van der Waals surface area contributed by atoms with Gasteiger partial charge in [-0.3, -0.25) is 0 Å². The Bertz CT molecular complexity index is 482. The summed E-state index contributed by atoms with van der Waals surface area (Å²) in [6.07, 6.45) is 1.62. The van der Waals surface area contributed by atoms with Gasteiger partial charge in [-0.25, -0.2) is 4.40 Å². The van der Waals surface area contributed by atoms with Crippen LogP contribution in [0.15, 0.2) is 6.20 Å². The molecule has 2 aromatic rings. The van der Waals surface area contributed by atoms with Crippen molar-refractivity contribution in [1.82, 2.24) is 19.6 Å². The second-order valence-corrected chi connectivity index (χ2v) is 2.67. The number of rotatable bonds is 3. The van der Waals surface area contributed by atoms with Crippen LogP contribution in [0.3, 0.4) is 0 Å². The van der Waals surface area contributed by atoms with Crippen molar-refractivity contribution in [2.75, 3.05) is 21.3 Å². The van der Waals surface area contributed by atoms with E-state index in [0.717, 1.165) is 0 Å². The molecule has 0 aliphatic carbocycles. The van der Waals surface area contributed by atoms with E-state index in [1.165, 1.54) is 21.3 Å². The third-order valence-electron chi connectivity index (χ3n) is 1.89. The molecular weight excluding hydrogens is 200 g/mol. The highest BCUT2D eigenvalue weighted by Crippen LogP contribution is 2.22. The van der Waals surface area contributed by atoms with E-state index in [1.54, 1.807) is 10.6 Å². The summed E-state index contributed by atoms with van der Waals surface area (Å²) >= 11 is 0. The van der Waals surface area contributed by atoms with Crippen LogP contribution in [0, 0.1) is 0 Å². The van der Waals surface area contributed by atoms with E-state index in [9.17, 15) is 0 Å². The summed E-state index contributed by atoms with van der Waals surface area (Å²) in [5.41, 5.74) is 0.482. The summed E-state index contributed by atoms with van der Waals surface area (Å²) in [5, 5.41) is 7.69. The molecule has 0 unspecified atom stereocenters. The third-order valence-corrected chi connectivity index (χ3v) is 1.89. The number of nitrogens with zero attached hydrogens (tertiary/aromatic N) is 4. The molecule has 0 aliphatic heterocycles. The zero-order valence-corrected chi connectivity index (χ0v) is 8.59. The molecule has 0 N–H and O–H groups in total. The first-order valence-corrected chi connectivity index (χ1v) is 4.18. The molecular formula is C8H10N4O3. The molecule has 0 spiro atoms. The maximum atomic E-state index is 5.06. The van der Waals surface area contributed by atoms with E-state index >= 15 is 0 Å². The van der Waals surface area contributed by atoms with Crippen LogP contribution in [-0.4, -0.2) is 40.9 Å². The summed E-state index contributed by atoms with van der Waals surface area (Å²) in [6, 6.07) is 0.351. The lowest BCUT2D eigenvalue weighted by Gasteiger charge is -2.04. The van der Waals surface area contributed by atoms with Crippen LogP contribution >= 0.6 is 0 Å². The van der Waals surface area contributed by atoms with Gasteiger partial charge in [0.1, 0.15) is 0 Å². The second kappa shape index (κ2) is 3.60. The lowest BCUT2D eigenvalue weighted by molar-refractivity contribution is 0.355. The Morgan fingerprint density at radius 1 is 1.07 bits per heavy atom. The van der Waals surface area contributed by atoms with Crippen LogP contribution in [0.1, 0.15) is 0 Å². The van der Waals surface area contributed by atoms with E-state index in [4.69, 9.17) is 14.2 Å². The van der Waals surface area contributed by atoms with E-state index in [2.05, 4.69) is 15.2 Å². The van der Waals surface area contributed by atoms with Gasteiger partial charge in [-0.05, 0) is 0 Å². The van der Waals surface area contributed by atoms with E-state index in [0.29, 0.717) is 23.4 Å². The Hall–Kier alpha value is -2.05. The highest BCUT2D eigenvalue weighted by Gasteiger charge is 2.13. The Morgan fingerprint density at radius 2 is 1.87 bits per heavy atom. The first-order chi connectivity index (χ1) is 7.30. The molecule has 0 saturated carbocycles. The van der Waals surface area contributed by atoms with E-state index in [-0.39, 0.29) is 0 Å². The average molecular weight is 210 g/mol. The van der Waals surface area contributed by atoms with Gasteiger partial charge in [0.25, 0.3) is 5.88 Å². The van der Waals surface area contributed by atoms with Crippen molar-refractivity contribution in [3.8, 4) is 17.8 Å². The minimum absolute atomic E-state index is 0.338. The number of aromatic nitrogens is 4. The van der Waals surface area contributed by atoms with Crippen molar-refractivity contribution >= 4 is 5.65 Å². The maximum Gasteiger partial charge on any atom is 0.321 e. The fraction of sp³-hybridized carbons (Fsp3) is 0.375. The van der Waals surface area contributed by atoms with Gasteiger partial charge in [-0.2, -0.15) is 4.98 Å². The van der Waals surface area contributed by atoms with Crippen molar-refractivity contribution < 1.29 is 14.2 Å². The van der Waals surface area contributed by atoms with E-state index < -0.39 is 0 Å². The average Bonchev–Trinajstić information content (AvgIpc) is 2.70. The normalized spacial score (nSPS) is 10.3. The highest BCUT2D eigenvalue weighted by molar-refractivity contribution is 5.50. The van der Waals surface area contributed by atoms with Crippen LogP contribution < -0.4 is 14.2 Å². The van der Waals surface area contributed by atoms with Crippen molar-refractivity contribution in [3.63, 3.8) is 0 Å². The van der Waals surface area contributed by atoms with Crippen molar-refractivity contribution in [2.24, 2.45) is 0 Å². The monoisotopic (exact) mass is 210 g/mol. The van der Waals surface area contributed by atoms with Gasteiger partial charge in [-0.15, -0.1) is 5.10 Å². The van der Waals surface area contributed by atoms with Crippen LogP contribution in [-0.2, 0) is 0 Å². The second-order valence-electron chi connectivity index (χ2n) is 2.67. The lowest BCUT2D eigenvalue weighted by atomic mass is 10.6. The van der Waals surface area contributed by atoms with Crippen LogP contribution in [0.25, 0.3) is 5.65 Å². The van der Waals surface area contributed by atoms with Crippen LogP contribution in [0.2, 0.25) is 0 Å². The summed E-state index contributed by atoms with van der Waals surface area (Å²) in [7, 11) is 4.53. The number of hydrogen-bond donors (Lipinski definition) is 0. The molecule has 15 heavy (non-hydrogen) atoms. The summed E-state index contributed by atoms with van der Waals surface area (Å²) in [5.74, 6) is 0.739. The smallest absolute Gasteiger partial charge is 0.321 e. The molecule has 0 aliphatic rings. The predicted octanol–water partition coefficient (Wildman–Crippen LogP) is 0.150. The Morgan fingerprint density at radius 3 is 2.47 bits per heavy atom. The van der Waals surface area contributed by atoms with Gasteiger partial charge in [0, 0.05) is 0 Å². The van der Waals surface area contributed by atoms with Crippen molar-refractivity contribution in [2.45, 2.75) is 0 Å². The molecule has 7 nitrogen and oxygen atoms in total. The largest absolute Gasteiger partial charge is 0.480 e. The third kappa shape index (κ3) is 1.41. The number of fused-ring (bicyclic) bond motifs is 1. The topological polar surface area (TPSA) is 70.8 Å². The molecule has 0 saturated heterocycles. The molecule has 0 bridgehead atoms. The maximum absolute atomic E-state index is 5.06. The number of methoxy groups -OCH3 is 3. The molecule has 80 valence electrons. The molecule has 0 aromatic carbocycles. The number of ether oxygens (including phenoxy) is 3.